The highest BCUT2D eigenvalue weighted by atomic mass is 19.4. The van der Waals surface area contributed by atoms with Crippen molar-refractivity contribution in [3.63, 3.8) is 0 Å². The van der Waals surface area contributed by atoms with Crippen LogP contribution in [0.5, 0.6) is 5.75 Å². The molecule has 1 aromatic rings. The highest BCUT2D eigenvalue weighted by Crippen LogP contribution is 2.30. The van der Waals surface area contributed by atoms with Crippen molar-refractivity contribution in [3.8, 4) is 5.75 Å². The first kappa shape index (κ1) is 12.9. The summed E-state index contributed by atoms with van der Waals surface area (Å²) in [5.41, 5.74) is 0.295. The van der Waals surface area contributed by atoms with Gasteiger partial charge in [0.15, 0.2) is 5.78 Å². The molecule has 0 spiro atoms. The second-order valence-corrected chi connectivity index (χ2v) is 4.42. The van der Waals surface area contributed by atoms with Gasteiger partial charge in [0, 0.05) is 11.5 Å². The fourth-order valence-corrected chi connectivity index (χ4v) is 2.27. The van der Waals surface area contributed by atoms with E-state index in [-0.39, 0.29) is 17.5 Å². The van der Waals surface area contributed by atoms with E-state index in [1.54, 1.807) is 0 Å². The molecule has 0 amide bonds. The maximum absolute atomic E-state index is 12.1. The molecule has 5 heteroatoms. The van der Waals surface area contributed by atoms with Gasteiger partial charge in [0.1, 0.15) is 5.75 Å². The van der Waals surface area contributed by atoms with E-state index in [1.165, 1.54) is 18.2 Å². The van der Waals surface area contributed by atoms with Crippen LogP contribution in [0.4, 0.5) is 13.2 Å². The maximum Gasteiger partial charge on any atom is 0.573 e. The summed E-state index contributed by atoms with van der Waals surface area (Å²) < 4.78 is 40.0. The van der Waals surface area contributed by atoms with Gasteiger partial charge in [-0.3, -0.25) is 4.79 Å². The molecule has 0 saturated heterocycles. The number of ketones is 1. The predicted octanol–water partition coefficient (Wildman–Crippen LogP) is 3.96. The zero-order valence-electron chi connectivity index (χ0n) is 9.67. The Morgan fingerprint density at radius 1 is 1.22 bits per heavy atom. The monoisotopic (exact) mass is 258 g/mol. The summed E-state index contributed by atoms with van der Waals surface area (Å²) in [6.07, 6.45) is -1.06. The van der Waals surface area contributed by atoms with Crippen LogP contribution in [0, 0.1) is 5.92 Å². The van der Waals surface area contributed by atoms with E-state index in [2.05, 4.69) is 4.74 Å². The third-order valence-corrected chi connectivity index (χ3v) is 3.08. The molecule has 1 saturated carbocycles. The summed E-state index contributed by atoms with van der Waals surface area (Å²) >= 11 is 0. The third-order valence-electron chi connectivity index (χ3n) is 3.08. The van der Waals surface area contributed by atoms with Crippen LogP contribution in [0.2, 0.25) is 0 Å². The van der Waals surface area contributed by atoms with Crippen molar-refractivity contribution in [3.05, 3.63) is 29.8 Å². The molecule has 1 aliphatic carbocycles. The van der Waals surface area contributed by atoms with Gasteiger partial charge in [-0.2, -0.15) is 0 Å². The highest BCUT2D eigenvalue weighted by molar-refractivity contribution is 5.98. The Bertz CT molecular complexity index is 434. The Balaban J connectivity index is 2.13. The van der Waals surface area contributed by atoms with Crippen molar-refractivity contribution in [2.24, 2.45) is 5.92 Å². The zero-order chi connectivity index (χ0) is 13.2. The molecule has 1 fully saturated rings. The summed E-state index contributed by atoms with van der Waals surface area (Å²) in [5, 5.41) is 0. The van der Waals surface area contributed by atoms with Crippen molar-refractivity contribution >= 4 is 5.78 Å². The average molecular weight is 258 g/mol. The number of rotatable bonds is 3. The molecule has 0 aliphatic heterocycles. The van der Waals surface area contributed by atoms with Gasteiger partial charge >= 0.3 is 6.36 Å². The minimum absolute atomic E-state index is 0.0499. The van der Waals surface area contributed by atoms with E-state index in [0.717, 1.165) is 31.7 Å². The Morgan fingerprint density at radius 3 is 2.50 bits per heavy atom. The van der Waals surface area contributed by atoms with Crippen molar-refractivity contribution in [2.45, 2.75) is 32.0 Å². The summed E-state index contributed by atoms with van der Waals surface area (Å²) in [7, 11) is 0. The molecular formula is C13H13F3O2. The molecule has 0 N–H and O–H groups in total. The van der Waals surface area contributed by atoms with E-state index in [1.807, 2.05) is 0 Å². The molecule has 2 rings (SSSR count). The standard InChI is InChI=1S/C13H13F3O2/c14-13(15,16)18-11-7-3-6-10(8-11)12(17)9-4-1-2-5-9/h3,6-9H,1-2,4-5H2. The van der Waals surface area contributed by atoms with Crippen LogP contribution < -0.4 is 4.74 Å². The normalized spacial score (nSPS) is 16.8. The largest absolute Gasteiger partial charge is 0.573 e. The van der Waals surface area contributed by atoms with Crippen LogP contribution in [0.3, 0.4) is 0 Å². The molecular weight excluding hydrogens is 245 g/mol. The molecule has 0 heterocycles. The molecule has 1 aliphatic rings. The number of carbonyl (C=O) groups is 1. The van der Waals surface area contributed by atoms with Crippen LogP contribution in [0.1, 0.15) is 36.0 Å². The number of hydrogen-bond acceptors (Lipinski definition) is 2. The van der Waals surface area contributed by atoms with Gasteiger partial charge in [-0.25, -0.2) is 0 Å². The van der Waals surface area contributed by atoms with E-state index in [0.29, 0.717) is 5.56 Å². The minimum atomic E-state index is -4.73. The predicted molar refractivity (Wildman–Crippen MR) is 59.4 cm³/mol. The van der Waals surface area contributed by atoms with E-state index >= 15 is 0 Å². The Morgan fingerprint density at radius 2 is 1.89 bits per heavy atom. The molecule has 0 aromatic heterocycles. The van der Waals surface area contributed by atoms with Gasteiger partial charge in [0.25, 0.3) is 0 Å². The lowest BCUT2D eigenvalue weighted by molar-refractivity contribution is -0.274. The first-order valence-corrected chi connectivity index (χ1v) is 5.86. The van der Waals surface area contributed by atoms with Crippen LogP contribution in [-0.4, -0.2) is 12.1 Å². The van der Waals surface area contributed by atoms with Crippen LogP contribution in [-0.2, 0) is 0 Å². The first-order chi connectivity index (χ1) is 8.46. The summed E-state index contributed by atoms with van der Waals surface area (Å²) in [5.74, 6) is -0.474. The number of ether oxygens (including phenoxy) is 1. The maximum atomic E-state index is 12.1. The Labute approximate surface area is 103 Å². The fraction of sp³-hybridized carbons (Fsp3) is 0.462. The minimum Gasteiger partial charge on any atom is -0.406 e. The first-order valence-electron chi connectivity index (χ1n) is 5.86. The molecule has 0 unspecified atom stereocenters. The molecule has 0 atom stereocenters. The smallest absolute Gasteiger partial charge is 0.406 e. The third kappa shape index (κ3) is 3.24. The Hall–Kier alpha value is -1.52. The number of halogens is 3. The van der Waals surface area contributed by atoms with Crippen LogP contribution in [0.15, 0.2) is 24.3 Å². The summed E-state index contributed by atoms with van der Waals surface area (Å²) in [6.45, 7) is 0. The highest BCUT2D eigenvalue weighted by Gasteiger charge is 2.31. The van der Waals surface area contributed by atoms with Gasteiger partial charge in [-0.1, -0.05) is 25.0 Å². The molecule has 2 nitrogen and oxygen atoms in total. The Kier molecular flexibility index (Phi) is 3.59. The number of hydrogen-bond donors (Lipinski definition) is 0. The van der Waals surface area contributed by atoms with Crippen molar-refractivity contribution < 1.29 is 22.7 Å². The molecule has 0 radical (unpaired) electrons. The second kappa shape index (κ2) is 5.00. The zero-order valence-corrected chi connectivity index (χ0v) is 9.67. The summed E-state index contributed by atoms with van der Waals surface area (Å²) in [6, 6.07) is 5.29. The average Bonchev–Trinajstić information content (AvgIpc) is 2.79. The molecule has 98 valence electrons. The van der Waals surface area contributed by atoms with Crippen molar-refractivity contribution in [1.82, 2.24) is 0 Å². The fourth-order valence-electron chi connectivity index (χ4n) is 2.27. The van der Waals surface area contributed by atoms with E-state index in [9.17, 15) is 18.0 Å². The van der Waals surface area contributed by atoms with Gasteiger partial charge in [-0.15, -0.1) is 13.2 Å². The SMILES string of the molecule is O=C(c1cccc(OC(F)(F)F)c1)C1CCCC1. The lowest BCUT2D eigenvalue weighted by Gasteiger charge is -2.11. The number of Topliss-reactive ketones (excluding diaryl/α,β-unsaturated/α-hetero) is 1. The van der Waals surface area contributed by atoms with Crippen molar-refractivity contribution in [1.29, 1.82) is 0 Å². The molecule has 18 heavy (non-hydrogen) atoms. The van der Waals surface area contributed by atoms with Gasteiger partial charge in [-0.05, 0) is 25.0 Å². The van der Waals surface area contributed by atoms with Gasteiger partial charge in [0.2, 0.25) is 0 Å². The van der Waals surface area contributed by atoms with E-state index in [4.69, 9.17) is 0 Å². The second-order valence-electron chi connectivity index (χ2n) is 4.42. The lowest BCUT2D eigenvalue weighted by atomic mass is 9.96. The number of alkyl halides is 3. The quantitative estimate of drug-likeness (QED) is 0.767. The number of carbonyl (C=O) groups excluding carboxylic acids is 1. The molecule has 1 aromatic carbocycles. The molecule has 0 bridgehead atoms. The van der Waals surface area contributed by atoms with Gasteiger partial charge in [0.05, 0.1) is 0 Å². The van der Waals surface area contributed by atoms with Gasteiger partial charge < -0.3 is 4.74 Å². The van der Waals surface area contributed by atoms with E-state index < -0.39 is 6.36 Å². The lowest BCUT2D eigenvalue weighted by Crippen LogP contribution is -2.17. The number of benzene rings is 1. The summed E-state index contributed by atoms with van der Waals surface area (Å²) in [4.78, 5) is 12.0. The van der Waals surface area contributed by atoms with Crippen LogP contribution >= 0.6 is 0 Å². The topological polar surface area (TPSA) is 26.3 Å². The van der Waals surface area contributed by atoms with Crippen LogP contribution in [0.25, 0.3) is 0 Å². The van der Waals surface area contributed by atoms with Crippen molar-refractivity contribution in [2.75, 3.05) is 0 Å².